The first kappa shape index (κ1) is 19.1. The summed E-state index contributed by atoms with van der Waals surface area (Å²) in [5.74, 6) is 0. The summed E-state index contributed by atoms with van der Waals surface area (Å²) in [5.41, 5.74) is 3.46. The van der Waals surface area contributed by atoms with Crippen LogP contribution in [0.15, 0.2) is 95.0 Å². The quantitative estimate of drug-likeness (QED) is 0.219. The topological polar surface area (TPSA) is 81.8 Å². The largest absolute Gasteiger partial charge is 0.269 e. The molecule has 6 nitrogen and oxygen atoms in total. The fourth-order valence-corrected chi connectivity index (χ4v) is 4.32. The molecule has 0 spiro atoms. The molecule has 29 heavy (non-hydrogen) atoms. The first-order valence-corrected chi connectivity index (χ1v) is 10.8. The number of hydrogen-bond acceptors (Lipinski definition) is 7. The summed E-state index contributed by atoms with van der Waals surface area (Å²) in [6.07, 6.45) is 0. The van der Waals surface area contributed by atoms with Crippen molar-refractivity contribution in [2.45, 2.75) is 10.1 Å². The van der Waals surface area contributed by atoms with E-state index >= 15 is 0 Å². The van der Waals surface area contributed by atoms with Crippen molar-refractivity contribution >= 4 is 27.3 Å². The van der Waals surface area contributed by atoms with Gasteiger partial charge in [0.25, 0.3) is 5.69 Å². The molecule has 0 aliphatic heterocycles. The maximum absolute atomic E-state index is 10.8. The molecule has 0 fully saturated rings. The average Bonchev–Trinajstić information content (AvgIpc) is 2.79. The van der Waals surface area contributed by atoms with Crippen molar-refractivity contribution < 1.29 is 4.92 Å². The molecule has 0 radical (unpaired) electrons. The highest BCUT2D eigenvalue weighted by molar-refractivity contribution is 8.76. The molecule has 0 amide bonds. The summed E-state index contributed by atoms with van der Waals surface area (Å²) in [7, 11) is 2.79. The van der Waals surface area contributed by atoms with E-state index in [-0.39, 0.29) is 5.69 Å². The molecule has 4 aromatic rings. The van der Waals surface area contributed by atoms with Crippen LogP contribution in [0, 0.1) is 10.1 Å². The van der Waals surface area contributed by atoms with Crippen LogP contribution in [0.5, 0.6) is 0 Å². The third-order valence-corrected chi connectivity index (χ3v) is 6.17. The Balaban J connectivity index is 1.62. The predicted molar refractivity (Wildman–Crippen MR) is 116 cm³/mol. The number of aromatic nitrogens is 3. The Morgan fingerprint density at radius 3 is 1.86 bits per heavy atom. The van der Waals surface area contributed by atoms with E-state index in [2.05, 4.69) is 10.2 Å². The van der Waals surface area contributed by atoms with E-state index in [4.69, 9.17) is 4.98 Å². The zero-order valence-electron chi connectivity index (χ0n) is 15.0. The summed E-state index contributed by atoms with van der Waals surface area (Å²) in [6, 6.07) is 26.1. The normalized spacial score (nSPS) is 10.6. The van der Waals surface area contributed by atoms with Crippen LogP contribution in [0.3, 0.4) is 0 Å². The van der Waals surface area contributed by atoms with Gasteiger partial charge in [-0.15, -0.1) is 10.2 Å². The highest BCUT2D eigenvalue weighted by atomic mass is 33.1. The van der Waals surface area contributed by atoms with Gasteiger partial charge in [0.1, 0.15) is 11.4 Å². The third kappa shape index (κ3) is 4.61. The first-order chi connectivity index (χ1) is 14.2. The van der Waals surface area contributed by atoms with Gasteiger partial charge in [0.2, 0.25) is 5.16 Å². The van der Waals surface area contributed by atoms with Crippen molar-refractivity contribution in [3.8, 4) is 22.5 Å². The van der Waals surface area contributed by atoms with Crippen LogP contribution >= 0.6 is 21.6 Å². The number of hydrogen-bond donors (Lipinski definition) is 0. The van der Waals surface area contributed by atoms with Crippen LogP contribution in [-0.2, 0) is 0 Å². The van der Waals surface area contributed by atoms with Crippen molar-refractivity contribution in [1.82, 2.24) is 15.2 Å². The molecular formula is C21H14N4O2S2. The Morgan fingerprint density at radius 2 is 1.28 bits per heavy atom. The molecule has 0 bridgehead atoms. The third-order valence-electron chi connectivity index (χ3n) is 4.02. The SMILES string of the molecule is O=[N+]([O-])c1ccc(SSc2nnc(-c3ccccc3)c(-c3ccccc3)n2)cc1. The van der Waals surface area contributed by atoms with Crippen molar-refractivity contribution in [2.24, 2.45) is 0 Å². The summed E-state index contributed by atoms with van der Waals surface area (Å²) in [5, 5.41) is 20.0. The van der Waals surface area contributed by atoms with E-state index in [1.807, 2.05) is 60.7 Å². The molecule has 4 rings (SSSR count). The summed E-state index contributed by atoms with van der Waals surface area (Å²) >= 11 is 0. The Morgan fingerprint density at radius 1 is 0.690 bits per heavy atom. The molecule has 1 aromatic heterocycles. The number of nitro groups is 1. The lowest BCUT2D eigenvalue weighted by Crippen LogP contribution is -1.98. The van der Waals surface area contributed by atoms with Gasteiger partial charge in [-0.2, -0.15) is 0 Å². The second-order valence-corrected chi connectivity index (χ2v) is 8.11. The maximum Gasteiger partial charge on any atom is 0.269 e. The van der Waals surface area contributed by atoms with E-state index in [1.165, 1.54) is 33.7 Å². The van der Waals surface area contributed by atoms with E-state index in [9.17, 15) is 10.1 Å². The van der Waals surface area contributed by atoms with Crippen LogP contribution in [0.25, 0.3) is 22.5 Å². The second-order valence-electron chi connectivity index (χ2n) is 5.94. The molecule has 0 aliphatic carbocycles. The van der Waals surface area contributed by atoms with E-state index in [0.717, 1.165) is 27.4 Å². The molecular weight excluding hydrogens is 404 g/mol. The fourth-order valence-electron chi connectivity index (χ4n) is 2.64. The van der Waals surface area contributed by atoms with Gasteiger partial charge in [-0.05, 0) is 33.7 Å². The average molecular weight is 419 g/mol. The monoisotopic (exact) mass is 418 g/mol. The number of nitrogens with zero attached hydrogens (tertiary/aromatic N) is 4. The fraction of sp³-hybridized carbons (Fsp3) is 0. The van der Waals surface area contributed by atoms with Gasteiger partial charge in [-0.1, -0.05) is 60.7 Å². The van der Waals surface area contributed by atoms with Gasteiger partial charge >= 0.3 is 0 Å². The van der Waals surface area contributed by atoms with Gasteiger partial charge in [-0.3, -0.25) is 10.1 Å². The van der Waals surface area contributed by atoms with Crippen molar-refractivity contribution in [3.63, 3.8) is 0 Å². The van der Waals surface area contributed by atoms with Crippen LogP contribution < -0.4 is 0 Å². The smallest absolute Gasteiger partial charge is 0.258 e. The molecule has 1 heterocycles. The van der Waals surface area contributed by atoms with Gasteiger partial charge in [0, 0.05) is 28.2 Å². The Kier molecular flexibility index (Phi) is 5.83. The molecule has 0 unspecified atom stereocenters. The highest BCUT2D eigenvalue weighted by Gasteiger charge is 2.14. The second kappa shape index (κ2) is 8.85. The lowest BCUT2D eigenvalue weighted by Gasteiger charge is -2.09. The Labute approximate surface area is 175 Å². The minimum absolute atomic E-state index is 0.0656. The number of non-ortho nitro benzene ring substituents is 1. The van der Waals surface area contributed by atoms with Crippen LogP contribution in [-0.4, -0.2) is 20.1 Å². The first-order valence-electron chi connectivity index (χ1n) is 8.65. The molecule has 8 heteroatoms. The highest BCUT2D eigenvalue weighted by Crippen LogP contribution is 2.37. The number of benzene rings is 3. The lowest BCUT2D eigenvalue weighted by molar-refractivity contribution is -0.384. The van der Waals surface area contributed by atoms with Crippen LogP contribution in [0.1, 0.15) is 0 Å². The van der Waals surface area contributed by atoms with Crippen LogP contribution in [0.2, 0.25) is 0 Å². The molecule has 0 aliphatic rings. The Bertz CT molecular complexity index is 1120. The molecule has 0 saturated carbocycles. The molecule has 0 N–H and O–H groups in total. The number of rotatable bonds is 6. The van der Waals surface area contributed by atoms with Gasteiger partial charge in [-0.25, -0.2) is 4.98 Å². The van der Waals surface area contributed by atoms with Crippen LogP contribution in [0.4, 0.5) is 5.69 Å². The minimum Gasteiger partial charge on any atom is -0.258 e. The van der Waals surface area contributed by atoms with E-state index in [0.29, 0.717) is 5.16 Å². The van der Waals surface area contributed by atoms with Gasteiger partial charge in [0.15, 0.2) is 0 Å². The zero-order chi connectivity index (χ0) is 20.1. The van der Waals surface area contributed by atoms with E-state index < -0.39 is 4.92 Å². The molecule has 3 aromatic carbocycles. The summed E-state index contributed by atoms with van der Waals surface area (Å²) in [6.45, 7) is 0. The minimum atomic E-state index is -0.414. The zero-order valence-corrected chi connectivity index (χ0v) is 16.6. The van der Waals surface area contributed by atoms with Crippen molar-refractivity contribution in [2.75, 3.05) is 0 Å². The van der Waals surface area contributed by atoms with Gasteiger partial charge < -0.3 is 0 Å². The van der Waals surface area contributed by atoms with Gasteiger partial charge in [0.05, 0.1) is 4.92 Å². The standard InChI is InChI=1S/C21H14N4O2S2/c26-25(27)17-11-13-18(14-12-17)28-29-21-22-19(15-7-3-1-4-8-15)20(23-24-21)16-9-5-2-6-10-16/h1-14H. The lowest BCUT2D eigenvalue weighted by atomic mass is 10.0. The molecule has 142 valence electrons. The van der Waals surface area contributed by atoms with Crippen molar-refractivity contribution in [3.05, 3.63) is 95.0 Å². The molecule has 0 atom stereocenters. The molecule has 0 saturated heterocycles. The predicted octanol–water partition coefficient (Wildman–Crippen LogP) is 5.91. The van der Waals surface area contributed by atoms with E-state index in [1.54, 1.807) is 12.1 Å². The summed E-state index contributed by atoms with van der Waals surface area (Å²) in [4.78, 5) is 16.0. The maximum atomic E-state index is 10.8. The van der Waals surface area contributed by atoms with Crippen molar-refractivity contribution in [1.29, 1.82) is 0 Å². The Hall–Kier alpha value is -3.23. The number of nitro benzene ring substituents is 1. The summed E-state index contributed by atoms with van der Waals surface area (Å²) < 4.78 is 0.